The quantitative estimate of drug-likeness (QED) is 0.640. The highest BCUT2D eigenvalue weighted by Crippen LogP contribution is 2.39. The van der Waals surface area contributed by atoms with Gasteiger partial charge in [0.05, 0.1) is 15.5 Å². The van der Waals surface area contributed by atoms with Gasteiger partial charge in [-0.05, 0) is 36.1 Å². The fraction of sp³-hybridized carbons (Fsp3) is 0.190. The lowest BCUT2D eigenvalue weighted by Crippen LogP contribution is -2.04. The Balaban J connectivity index is 2.06. The zero-order valence-corrected chi connectivity index (χ0v) is 17.4. The largest absolute Gasteiger partial charge is 0.302 e. The van der Waals surface area contributed by atoms with Crippen LogP contribution >= 0.6 is 11.3 Å². The molecule has 0 saturated carbocycles. The van der Waals surface area contributed by atoms with Crippen LogP contribution in [0.4, 0.5) is 5.13 Å². The Morgan fingerprint density at radius 3 is 2.21 bits per heavy atom. The van der Waals surface area contributed by atoms with Crippen molar-refractivity contribution < 1.29 is 13.2 Å². The van der Waals surface area contributed by atoms with Gasteiger partial charge in [0.2, 0.25) is 5.91 Å². The number of carbonyl (C=O) groups excluding carboxylic acids is 1. The van der Waals surface area contributed by atoms with E-state index in [0.717, 1.165) is 34.5 Å². The molecule has 0 atom stereocenters. The van der Waals surface area contributed by atoms with E-state index >= 15 is 0 Å². The van der Waals surface area contributed by atoms with E-state index in [-0.39, 0.29) is 10.8 Å². The molecule has 7 heteroatoms. The standard InChI is InChI=1S/C21H21N2O3S2/c1-4-5-15-6-8-16(9-7-15)19-20(27-21(23-19)22-14(2)24)17-10-12-18(13-11-17)28(3,25)26/h6-13H,1,4-5H2,2-3H3,(H,22,23,24). The van der Waals surface area contributed by atoms with Crippen LogP contribution in [0, 0.1) is 6.92 Å². The van der Waals surface area contributed by atoms with E-state index in [1.54, 1.807) is 24.3 Å². The van der Waals surface area contributed by atoms with E-state index in [4.69, 9.17) is 0 Å². The number of nitrogens with one attached hydrogen (secondary N) is 1. The van der Waals surface area contributed by atoms with E-state index in [9.17, 15) is 13.2 Å². The van der Waals surface area contributed by atoms with Gasteiger partial charge in [0.15, 0.2) is 15.0 Å². The molecule has 1 N–H and O–H groups in total. The van der Waals surface area contributed by atoms with Crippen LogP contribution in [0.25, 0.3) is 21.7 Å². The van der Waals surface area contributed by atoms with E-state index < -0.39 is 9.84 Å². The molecule has 1 amide bonds. The summed E-state index contributed by atoms with van der Waals surface area (Å²) in [5, 5.41) is 3.24. The molecule has 0 aliphatic heterocycles. The van der Waals surface area contributed by atoms with Crippen LogP contribution in [0.5, 0.6) is 0 Å². The van der Waals surface area contributed by atoms with Gasteiger partial charge in [0.1, 0.15) is 0 Å². The van der Waals surface area contributed by atoms with Gasteiger partial charge < -0.3 is 5.32 Å². The third kappa shape index (κ3) is 4.66. The molecular formula is C21H21N2O3S2. The predicted octanol–water partition coefficient (Wildman–Crippen LogP) is 4.61. The number of nitrogens with zero attached hydrogens (tertiary/aromatic N) is 1. The summed E-state index contributed by atoms with van der Waals surface area (Å²) in [6, 6.07) is 14.8. The van der Waals surface area contributed by atoms with Crippen molar-refractivity contribution in [3.8, 4) is 21.7 Å². The van der Waals surface area contributed by atoms with E-state index in [1.807, 2.05) is 12.1 Å². The Kier molecular flexibility index (Phi) is 5.96. The third-order valence-electron chi connectivity index (χ3n) is 4.15. The molecule has 1 radical (unpaired) electrons. The van der Waals surface area contributed by atoms with Gasteiger partial charge in [-0.2, -0.15) is 0 Å². The van der Waals surface area contributed by atoms with Crippen LogP contribution in [-0.4, -0.2) is 25.6 Å². The van der Waals surface area contributed by atoms with Crippen molar-refractivity contribution in [3.05, 3.63) is 61.0 Å². The molecule has 0 aliphatic carbocycles. The minimum Gasteiger partial charge on any atom is -0.302 e. The molecule has 0 aliphatic rings. The van der Waals surface area contributed by atoms with Crippen molar-refractivity contribution in [1.82, 2.24) is 4.98 Å². The molecule has 3 rings (SSSR count). The molecule has 145 valence electrons. The number of aryl methyl sites for hydroxylation is 1. The summed E-state index contributed by atoms with van der Waals surface area (Å²) in [5.41, 5.74) is 3.73. The number of anilines is 1. The number of thiazole rings is 1. The number of carbonyl (C=O) groups is 1. The molecular weight excluding hydrogens is 392 g/mol. The summed E-state index contributed by atoms with van der Waals surface area (Å²) in [7, 11) is -3.26. The average molecular weight is 414 g/mol. The first-order valence-corrected chi connectivity index (χ1v) is 11.5. The Morgan fingerprint density at radius 1 is 1.07 bits per heavy atom. The van der Waals surface area contributed by atoms with Crippen LogP contribution in [-0.2, 0) is 21.1 Å². The predicted molar refractivity (Wildman–Crippen MR) is 114 cm³/mol. The molecule has 3 aromatic rings. The number of sulfone groups is 1. The van der Waals surface area contributed by atoms with E-state index in [0.29, 0.717) is 5.13 Å². The lowest BCUT2D eigenvalue weighted by Gasteiger charge is -2.05. The van der Waals surface area contributed by atoms with E-state index in [2.05, 4.69) is 29.4 Å². The summed E-state index contributed by atoms with van der Waals surface area (Å²) >= 11 is 1.36. The number of amides is 1. The molecule has 0 fully saturated rings. The SMILES string of the molecule is [CH2]CCc1ccc(-c2nc(NC(C)=O)sc2-c2ccc(S(C)(=O)=O)cc2)cc1. The summed E-state index contributed by atoms with van der Waals surface area (Å²) in [5.74, 6) is -0.190. The van der Waals surface area contributed by atoms with Crippen LogP contribution in [0.2, 0.25) is 0 Å². The third-order valence-corrected chi connectivity index (χ3v) is 6.30. The highest BCUT2D eigenvalue weighted by Gasteiger charge is 2.17. The molecule has 0 unspecified atom stereocenters. The normalized spacial score (nSPS) is 11.4. The summed E-state index contributed by atoms with van der Waals surface area (Å²) < 4.78 is 23.4. The summed E-state index contributed by atoms with van der Waals surface area (Å²) in [4.78, 5) is 17.2. The van der Waals surface area contributed by atoms with Crippen LogP contribution < -0.4 is 5.32 Å². The van der Waals surface area contributed by atoms with Crippen molar-refractivity contribution in [2.24, 2.45) is 0 Å². The van der Waals surface area contributed by atoms with Gasteiger partial charge in [-0.25, -0.2) is 13.4 Å². The van der Waals surface area contributed by atoms with Crippen molar-refractivity contribution in [2.45, 2.75) is 24.7 Å². The Bertz CT molecular complexity index is 1080. The van der Waals surface area contributed by atoms with Gasteiger partial charge in [-0.3, -0.25) is 4.79 Å². The fourth-order valence-electron chi connectivity index (χ4n) is 2.80. The van der Waals surface area contributed by atoms with E-state index in [1.165, 1.54) is 30.1 Å². The second-order valence-electron chi connectivity index (χ2n) is 6.47. The number of hydrogen-bond acceptors (Lipinski definition) is 5. The van der Waals surface area contributed by atoms with Gasteiger partial charge in [-0.15, -0.1) is 0 Å². The average Bonchev–Trinajstić information content (AvgIpc) is 3.05. The van der Waals surface area contributed by atoms with Gasteiger partial charge in [-0.1, -0.05) is 54.7 Å². The van der Waals surface area contributed by atoms with Crippen molar-refractivity contribution in [3.63, 3.8) is 0 Å². The first kappa shape index (κ1) is 20.2. The van der Waals surface area contributed by atoms with Crippen molar-refractivity contribution in [1.29, 1.82) is 0 Å². The maximum absolute atomic E-state index is 11.7. The van der Waals surface area contributed by atoms with Crippen LogP contribution in [0.1, 0.15) is 18.9 Å². The second-order valence-corrected chi connectivity index (χ2v) is 9.49. The van der Waals surface area contributed by atoms with Crippen LogP contribution in [0.15, 0.2) is 53.4 Å². The van der Waals surface area contributed by atoms with Gasteiger partial charge >= 0.3 is 0 Å². The zero-order valence-electron chi connectivity index (χ0n) is 15.7. The smallest absolute Gasteiger partial charge is 0.223 e. The molecule has 0 bridgehead atoms. The van der Waals surface area contributed by atoms with Crippen molar-refractivity contribution in [2.75, 3.05) is 11.6 Å². The summed E-state index contributed by atoms with van der Waals surface area (Å²) in [6.07, 6.45) is 2.93. The number of rotatable bonds is 6. The Labute approximate surface area is 169 Å². The first-order chi connectivity index (χ1) is 13.3. The molecule has 0 spiro atoms. The molecule has 5 nitrogen and oxygen atoms in total. The number of aromatic nitrogens is 1. The molecule has 28 heavy (non-hydrogen) atoms. The Hall–Kier alpha value is -2.51. The zero-order chi connectivity index (χ0) is 20.3. The molecule has 0 saturated heterocycles. The molecule has 1 heterocycles. The number of hydrogen-bond donors (Lipinski definition) is 1. The molecule has 1 aromatic heterocycles. The number of benzene rings is 2. The first-order valence-electron chi connectivity index (χ1n) is 8.75. The second kappa shape index (κ2) is 8.24. The van der Waals surface area contributed by atoms with Gasteiger partial charge in [0.25, 0.3) is 0 Å². The Morgan fingerprint density at radius 2 is 1.68 bits per heavy atom. The van der Waals surface area contributed by atoms with Crippen molar-refractivity contribution >= 4 is 32.2 Å². The lowest BCUT2D eigenvalue weighted by atomic mass is 10.0. The topological polar surface area (TPSA) is 76.1 Å². The highest BCUT2D eigenvalue weighted by atomic mass is 32.2. The maximum atomic E-state index is 11.7. The summed E-state index contributed by atoms with van der Waals surface area (Å²) in [6.45, 7) is 5.32. The van der Waals surface area contributed by atoms with Gasteiger partial charge in [0, 0.05) is 18.7 Å². The molecule has 2 aromatic carbocycles. The highest BCUT2D eigenvalue weighted by molar-refractivity contribution is 7.90. The maximum Gasteiger partial charge on any atom is 0.223 e. The lowest BCUT2D eigenvalue weighted by molar-refractivity contribution is -0.114. The fourth-order valence-corrected chi connectivity index (χ4v) is 4.47. The van der Waals surface area contributed by atoms with Crippen LogP contribution in [0.3, 0.4) is 0 Å². The minimum atomic E-state index is -3.26. The minimum absolute atomic E-state index is 0.190. The monoisotopic (exact) mass is 413 g/mol.